The van der Waals surface area contributed by atoms with Crippen molar-refractivity contribution in [2.45, 2.75) is 50.9 Å². The molecular formula is C22H28O3. The molecule has 3 heteroatoms. The smallest absolute Gasteiger partial charge is 0.330 e. The summed E-state index contributed by atoms with van der Waals surface area (Å²) in [5.74, 6) is 3.45. The van der Waals surface area contributed by atoms with E-state index < -0.39 is 0 Å². The molecule has 0 unspecified atom stereocenters. The molecule has 0 aliphatic heterocycles. The van der Waals surface area contributed by atoms with Crippen molar-refractivity contribution < 1.29 is 14.3 Å². The van der Waals surface area contributed by atoms with E-state index in [1.54, 1.807) is 13.0 Å². The minimum Gasteiger partial charge on any atom is -0.490 e. The second-order valence-corrected chi connectivity index (χ2v) is 8.19. The Hall–Kier alpha value is -1.77. The van der Waals surface area contributed by atoms with E-state index in [-0.39, 0.29) is 5.97 Å². The maximum absolute atomic E-state index is 11.2. The highest BCUT2D eigenvalue weighted by Gasteiger charge is 2.51. The summed E-state index contributed by atoms with van der Waals surface area (Å²) in [6.07, 6.45) is 11.7. The minimum absolute atomic E-state index is 0.316. The first-order valence-electron chi connectivity index (χ1n) is 9.73. The predicted molar refractivity (Wildman–Crippen MR) is 97.6 cm³/mol. The molecule has 5 rings (SSSR count). The molecule has 3 nitrogen and oxygen atoms in total. The van der Waals surface area contributed by atoms with Crippen molar-refractivity contribution in [2.24, 2.45) is 17.8 Å². The summed E-state index contributed by atoms with van der Waals surface area (Å²) >= 11 is 0. The van der Waals surface area contributed by atoms with Crippen LogP contribution >= 0.6 is 0 Å². The monoisotopic (exact) mass is 340 g/mol. The van der Waals surface area contributed by atoms with Crippen LogP contribution < -0.4 is 4.74 Å². The second kappa shape index (κ2) is 6.86. The molecule has 0 saturated heterocycles. The van der Waals surface area contributed by atoms with Crippen LogP contribution in [-0.4, -0.2) is 19.2 Å². The maximum atomic E-state index is 11.2. The van der Waals surface area contributed by atoms with Crippen molar-refractivity contribution in [2.75, 3.05) is 13.2 Å². The second-order valence-electron chi connectivity index (χ2n) is 8.19. The first-order valence-corrected chi connectivity index (χ1v) is 9.73. The third kappa shape index (κ3) is 3.47. The fourth-order valence-corrected chi connectivity index (χ4v) is 5.85. The van der Waals surface area contributed by atoms with Crippen LogP contribution in [0.2, 0.25) is 0 Å². The van der Waals surface area contributed by atoms with Gasteiger partial charge in [-0.1, -0.05) is 12.1 Å². The first-order chi connectivity index (χ1) is 12.2. The van der Waals surface area contributed by atoms with Gasteiger partial charge in [-0.15, -0.1) is 0 Å². The minimum atomic E-state index is -0.316. The largest absolute Gasteiger partial charge is 0.490 e. The number of rotatable bonds is 6. The van der Waals surface area contributed by atoms with Crippen LogP contribution in [0.5, 0.6) is 5.75 Å². The molecule has 0 amide bonds. The molecule has 134 valence electrons. The van der Waals surface area contributed by atoms with E-state index in [1.807, 2.05) is 0 Å². The summed E-state index contributed by atoms with van der Waals surface area (Å²) < 4.78 is 10.6. The number of hydrogen-bond acceptors (Lipinski definition) is 3. The average molecular weight is 340 g/mol. The van der Waals surface area contributed by atoms with Crippen LogP contribution in [-0.2, 0) is 14.9 Å². The van der Waals surface area contributed by atoms with Gasteiger partial charge in [-0.05, 0) is 92.4 Å². The van der Waals surface area contributed by atoms with Crippen molar-refractivity contribution in [3.05, 3.63) is 42.0 Å². The molecule has 0 aromatic heterocycles. The summed E-state index contributed by atoms with van der Waals surface area (Å²) in [6, 6.07) is 8.73. The van der Waals surface area contributed by atoms with Crippen LogP contribution in [0.15, 0.2) is 36.4 Å². The zero-order valence-electron chi connectivity index (χ0n) is 15.1. The van der Waals surface area contributed by atoms with Crippen molar-refractivity contribution in [1.82, 2.24) is 0 Å². The molecule has 4 saturated carbocycles. The Morgan fingerprint density at radius 1 is 1.08 bits per heavy atom. The number of carbonyl (C=O) groups excluding carboxylic acids is 1. The van der Waals surface area contributed by atoms with Gasteiger partial charge < -0.3 is 9.47 Å². The summed E-state index contributed by atoms with van der Waals surface area (Å²) in [6.45, 7) is 2.58. The fraction of sp³-hybridized carbons (Fsp3) is 0.591. The topological polar surface area (TPSA) is 35.5 Å². The van der Waals surface area contributed by atoms with Gasteiger partial charge >= 0.3 is 5.97 Å². The van der Waals surface area contributed by atoms with Crippen molar-refractivity contribution in [1.29, 1.82) is 0 Å². The number of esters is 1. The molecule has 4 aliphatic rings. The van der Waals surface area contributed by atoms with Gasteiger partial charge in [-0.3, -0.25) is 0 Å². The van der Waals surface area contributed by atoms with Gasteiger partial charge in [-0.2, -0.15) is 0 Å². The van der Waals surface area contributed by atoms with Crippen LogP contribution in [0.25, 0.3) is 0 Å². The number of carbonyl (C=O) groups is 1. The summed E-state index contributed by atoms with van der Waals surface area (Å²) in [4.78, 5) is 11.2. The zero-order chi connectivity index (χ0) is 17.3. The zero-order valence-corrected chi connectivity index (χ0v) is 15.1. The van der Waals surface area contributed by atoms with E-state index >= 15 is 0 Å². The quantitative estimate of drug-likeness (QED) is 0.558. The summed E-state index contributed by atoms with van der Waals surface area (Å²) in [7, 11) is 0. The lowest BCUT2D eigenvalue weighted by Crippen LogP contribution is -2.48. The van der Waals surface area contributed by atoms with Gasteiger partial charge in [0.05, 0.1) is 6.61 Å². The first kappa shape index (κ1) is 16.7. The molecule has 0 heterocycles. The third-order valence-corrected chi connectivity index (χ3v) is 6.39. The lowest BCUT2D eigenvalue weighted by Gasteiger charge is -2.57. The van der Waals surface area contributed by atoms with Crippen LogP contribution in [0.1, 0.15) is 51.0 Å². The molecule has 1 aromatic carbocycles. The van der Waals surface area contributed by atoms with Gasteiger partial charge in [0, 0.05) is 6.08 Å². The van der Waals surface area contributed by atoms with Gasteiger partial charge in [0.2, 0.25) is 0 Å². The van der Waals surface area contributed by atoms with Gasteiger partial charge in [0.1, 0.15) is 12.4 Å². The van der Waals surface area contributed by atoms with E-state index in [2.05, 4.69) is 24.3 Å². The normalized spacial score (nSPS) is 32.9. The van der Waals surface area contributed by atoms with E-state index in [0.717, 1.165) is 23.5 Å². The summed E-state index contributed by atoms with van der Waals surface area (Å²) in [5, 5.41) is 0. The maximum Gasteiger partial charge on any atom is 0.330 e. The van der Waals surface area contributed by atoms with E-state index in [4.69, 9.17) is 9.47 Å². The highest BCUT2D eigenvalue weighted by Crippen LogP contribution is 2.60. The van der Waals surface area contributed by atoms with Crippen LogP contribution in [0.3, 0.4) is 0 Å². The molecule has 0 N–H and O–H groups in total. The van der Waals surface area contributed by atoms with Crippen molar-refractivity contribution in [3.63, 3.8) is 0 Å². The highest BCUT2D eigenvalue weighted by atomic mass is 16.5. The Morgan fingerprint density at radius 3 is 2.24 bits per heavy atom. The fourth-order valence-electron chi connectivity index (χ4n) is 5.85. The molecular weight excluding hydrogens is 312 g/mol. The lowest BCUT2D eigenvalue weighted by atomic mass is 9.48. The Balaban J connectivity index is 1.37. The number of ether oxygens (including phenoxy) is 2. The Bertz CT molecular complexity index is 608. The van der Waals surface area contributed by atoms with E-state index in [1.165, 1.54) is 50.2 Å². The average Bonchev–Trinajstić information content (AvgIpc) is 2.58. The van der Waals surface area contributed by atoms with Crippen molar-refractivity contribution >= 4 is 5.97 Å². The molecule has 4 bridgehead atoms. The van der Waals surface area contributed by atoms with E-state index in [0.29, 0.717) is 18.6 Å². The lowest BCUT2D eigenvalue weighted by molar-refractivity contribution is -0.137. The third-order valence-electron chi connectivity index (χ3n) is 6.39. The van der Waals surface area contributed by atoms with Gasteiger partial charge in [-0.25, -0.2) is 4.79 Å². The van der Waals surface area contributed by atoms with Crippen molar-refractivity contribution in [3.8, 4) is 5.75 Å². The molecule has 4 fully saturated rings. The molecule has 0 radical (unpaired) electrons. The standard InChI is InChI=1S/C22H28O3/c1-2-24-21(23)4-3-9-25-20-7-5-19(6-8-20)22-13-16-10-17(14-22)12-18(11-16)15-22/h3-8,16-18H,2,9-15H2,1H3. The Kier molecular flexibility index (Phi) is 4.58. The number of benzene rings is 1. The Morgan fingerprint density at radius 2 is 1.68 bits per heavy atom. The molecule has 25 heavy (non-hydrogen) atoms. The van der Waals surface area contributed by atoms with E-state index in [9.17, 15) is 4.79 Å². The predicted octanol–water partition coefficient (Wildman–Crippen LogP) is 4.65. The molecule has 0 atom stereocenters. The number of hydrogen-bond donors (Lipinski definition) is 0. The SMILES string of the molecule is CCOC(=O)C=CCOc1ccc(C23CC4CC(CC(C4)C2)C3)cc1. The van der Waals surface area contributed by atoms with Crippen LogP contribution in [0.4, 0.5) is 0 Å². The molecule has 1 aromatic rings. The van der Waals surface area contributed by atoms with Crippen LogP contribution in [0, 0.1) is 17.8 Å². The summed E-state index contributed by atoms with van der Waals surface area (Å²) in [5.41, 5.74) is 1.96. The molecule has 0 spiro atoms. The van der Waals surface area contributed by atoms with Gasteiger partial charge in [0.15, 0.2) is 0 Å². The van der Waals surface area contributed by atoms with Gasteiger partial charge in [0.25, 0.3) is 0 Å². The molecule has 4 aliphatic carbocycles. The Labute approximate surface area is 150 Å². The highest BCUT2D eigenvalue weighted by molar-refractivity contribution is 5.81.